The van der Waals surface area contributed by atoms with Crippen molar-refractivity contribution >= 4 is 16.5 Å². The van der Waals surface area contributed by atoms with E-state index in [-0.39, 0.29) is 25.9 Å². The Bertz CT molecular complexity index is 493. The van der Waals surface area contributed by atoms with Gasteiger partial charge in [0.25, 0.3) is 0 Å². The summed E-state index contributed by atoms with van der Waals surface area (Å²) < 4.78 is 38.3. The van der Waals surface area contributed by atoms with E-state index in [2.05, 4.69) is 4.98 Å². The number of piperidine rings is 1. The highest BCUT2D eigenvalue weighted by Gasteiger charge is 2.54. The average Bonchev–Trinajstić information content (AvgIpc) is 2.73. The molecular formula is C13H20F3N3OS. The zero-order valence-corrected chi connectivity index (χ0v) is 13.2. The number of aliphatic hydroxyl groups is 1. The van der Waals surface area contributed by atoms with E-state index in [1.54, 1.807) is 11.3 Å². The van der Waals surface area contributed by atoms with Crippen LogP contribution in [-0.4, -0.2) is 54.0 Å². The number of alkyl halides is 3. The molecule has 21 heavy (non-hydrogen) atoms. The van der Waals surface area contributed by atoms with Gasteiger partial charge in [-0.3, -0.25) is 4.90 Å². The van der Waals surface area contributed by atoms with Crippen LogP contribution in [0.4, 0.5) is 18.3 Å². The van der Waals surface area contributed by atoms with Gasteiger partial charge in [0.15, 0.2) is 10.7 Å². The van der Waals surface area contributed by atoms with Gasteiger partial charge in [-0.05, 0) is 19.8 Å². The van der Waals surface area contributed by atoms with Crippen molar-refractivity contribution in [3.05, 3.63) is 10.6 Å². The van der Waals surface area contributed by atoms with E-state index in [1.807, 2.05) is 30.8 Å². The van der Waals surface area contributed by atoms with Crippen LogP contribution in [-0.2, 0) is 6.54 Å². The van der Waals surface area contributed by atoms with Crippen LogP contribution < -0.4 is 4.90 Å². The lowest BCUT2D eigenvalue weighted by atomic mass is 9.91. The lowest BCUT2D eigenvalue weighted by Crippen LogP contribution is -2.53. The highest BCUT2D eigenvalue weighted by molar-refractivity contribution is 7.15. The normalized spacial score (nSPS) is 19.8. The van der Waals surface area contributed by atoms with Crippen molar-refractivity contribution in [2.45, 2.75) is 38.1 Å². The van der Waals surface area contributed by atoms with Crippen molar-refractivity contribution in [2.75, 3.05) is 32.1 Å². The number of halogens is 3. The first kappa shape index (κ1) is 16.5. The molecule has 4 nitrogen and oxygen atoms in total. The van der Waals surface area contributed by atoms with E-state index in [0.717, 1.165) is 15.7 Å². The zero-order valence-electron chi connectivity index (χ0n) is 12.4. The number of anilines is 1. The van der Waals surface area contributed by atoms with Gasteiger partial charge in [0.05, 0.1) is 5.69 Å². The van der Waals surface area contributed by atoms with Gasteiger partial charge in [0.2, 0.25) is 0 Å². The molecule has 8 heteroatoms. The molecule has 2 rings (SSSR count). The molecule has 1 aromatic rings. The number of aromatic nitrogens is 1. The molecule has 0 spiro atoms. The van der Waals surface area contributed by atoms with Crippen LogP contribution in [0.2, 0.25) is 0 Å². The molecule has 0 amide bonds. The van der Waals surface area contributed by atoms with E-state index in [9.17, 15) is 18.3 Å². The number of nitrogens with zero attached hydrogens (tertiary/aromatic N) is 3. The van der Waals surface area contributed by atoms with E-state index >= 15 is 0 Å². The lowest BCUT2D eigenvalue weighted by molar-refractivity contribution is -0.272. The molecule has 0 saturated carbocycles. The number of likely N-dealkylation sites (tertiary alicyclic amines) is 1. The number of hydrogen-bond acceptors (Lipinski definition) is 5. The fourth-order valence-electron chi connectivity index (χ4n) is 2.32. The van der Waals surface area contributed by atoms with Gasteiger partial charge in [-0.2, -0.15) is 13.2 Å². The Kier molecular flexibility index (Phi) is 4.51. The molecule has 0 bridgehead atoms. The second-order valence-corrected chi connectivity index (χ2v) is 6.77. The van der Waals surface area contributed by atoms with Gasteiger partial charge in [0.1, 0.15) is 0 Å². The van der Waals surface area contributed by atoms with Gasteiger partial charge in [-0.1, -0.05) is 0 Å². The lowest BCUT2D eigenvalue weighted by Gasteiger charge is -2.38. The van der Waals surface area contributed by atoms with Gasteiger partial charge < -0.3 is 10.0 Å². The first-order valence-electron chi connectivity index (χ1n) is 6.77. The van der Waals surface area contributed by atoms with Crippen molar-refractivity contribution in [3.63, 3.8) is 0 Å². The summed E-state index contributed by atoms with van der Waals surface area (Å²) in [5, 5.41) is 10.5. The largest absolute Gasteiger partial charge is 0.417 e. The van der Waals surface area contributed by atoms with Crippen LogP contribution in [0.1, 0.15) is 23.4 Å². The van der Waals surface area contributed by atoms with E-state index in [1.165, 1.54) is 0 Å². The maximum absolute atomic E-state index is 12.8. The SMILES string of the molecule is Cc1nc(N(C)C)sc1CN1CCC(O)(C(F)(F)F)CC1. The second kappa shape index (κ2) is 5.73. The maximum Gasteiger partial charge on any atom is 0.417 e. The van der Waals surface area contributed by atoms with Crippen LogP contribution >= 0.6 is 11.3 Å². The van der Waals surface area contributed by atoms with Crippen molar-refractivity contribution < 1.29 is 18.3 Å². The summed E-state index contributed by atoms with van der Waals surface area (Å²) in [6.07, 6.45) is -5.08. The van der Waals surface area contributed by atoms with Gasteiger partial charge in [0, 0.05) is 38.6 Å². The Hall–Kier alpha value is -0.860. The molecule has 0 unspecified atom stereocenters. The summed E-state index contributed by atoms with van der Waals surface area (Å²) in [6, 6.07) is 0. The summed E-state index contributed by atoms with van der Waals surface area (Å²) in [5.74, 6) is 0. The monoisotopic (exact) mass is 323 g/mol. The third kappa shape index (κ3) is 3.49. The molecule has 120 valence electrons. The Morgan fingerprint density at radius 3 is 2.33 bits per heavy atom. The van der Waals surface area contributed by atoms with Crippen LogP contribution in [0.15, 0.2) is 0 Å². The topological polar surface area (TPSA) is 39.6 Å². The Morgan fingerprint density at radius 1 is 1.33 bits per heavy atom. The smallest absolute Gasteiger partial charge is 0.380 e. The third-order valence-electron chi connectivity index (χ3n) is 3.84. The Balaban J connectivity index is 1.98. The van der Waals surface area contributed by atoms with Crippen LogP contribution in [0.25, 0.3) is 0 Å². The van der Waals surface area contributed by atoms with Crippen LogP contribution in [0.5, 0.6) is 0 Å². The molecular weight excluding hydrogens is 303 g/mol. The molecule has 1 saturated heterocycles. The van der Waals surface area contributed by atoms with Crippen LogP contribution in [0.3, 0.4) is 0 Å². The Labute approximate surface area is 126 Å². The number of rotatable bonds is 3. The summed E-state index contributed by atoms with van der Waals surface area (Å²) in [7, 11) is 3.82. The quantitative estimate of drug-likeness (QED) is 0.927. The van der Waals surface area contributed by atoms with E-state index < -0.39 is 11.8 Å². The molecule has 0 aromatic carbocycles. The summed E-state index contributed by atoms with van der Waals surface area (Å²) in [5.41, 5.74) is -1.61. The highest BCUT2D eigenvalue weighted by Crippen LogP contribution is 2.39. The molecule has 1 fully saturated rings. The molecule has 1 aliphatic heterocycles. The van der Waals surface area contributed by atoms with Crippen LogP contribution in [0, 0.1) is 6.92 Å². The molecule has 1 aliphatic rings. The first-order chi connectivity index (χ1) is 9.62. The van der Waals surface area contributed by atoms with Crippen molar-refractivity contribution in [1.82, 2.24) is 9.88 Å². The van der Waals surface area contributed by atoms with E-state index in [4.69, 9.17) is 0 Å². The number of aryl methyl sites for hydroxylation is 1. The van der Waals surface area contributed by atoms with Crippen molar-refractivity contribution in [3.8, 4) is 0 Å². The van der Waals surface area contributed by atoms with Crippen molar-refractivity contribution in [1.29, 1.82) is 0 Å². The fourth-order valence-corrected chi connectivity index (χ4v) is 3.34. The number of thiazole rings is 1. The van der Waals surface area contributed by atoms with Gasteiger partial charge >= 0.3 is 6.18 Å². The standard InChI is InChI=1S/C13H20F3N3OS/c1-9-10(21-11(17-9)18(2)3)8-19-6-4-12(20,5-7-19)13(14,15)16/h20H,4-8H2,1-3H3. The van der Waals surface area contributed by atoms with E-state index in [0.29, 0.717) is 6.54 Å². The van der Waals surface area contributed by atoms with Crippen molar-refractivity contribution in [2.24, 2.45) is 0 Å². The minimum Gasteiger partial charge on any atom is -0.380 e. The number of hydrogen-bond donors (Lipinski definition) is 1. The second-order valence-electron chi connectivity index (χ2n) is 5.70. The molecule has 2 heterocycles. The summed E-state index contributed by atoms with van der Waals surface area (Å²) in [4.78, 5) is 9.36. The zero-order chi connectivity index (χ0) is 15.8. The minimum atomic E-state index is -4.54. The fraction of sp³-hybridized carbons (Fsp3) is 0.769. The summed E-state index contributed by atoms with van der Waals surface area (Å²) >= 11 is 1.56. The maximum atomic E-state index is 12.8. The third-order valence-corrected chi connectivity index (χ3v) is 5.15. The van der Waals surface area contributed by atoms with Gasteiger partial charge in [-0.25, -0.2) is 4.98 Å². The average molecular weight is 323 g/mol. The molecule has 0 radical (unpaired) electrons. The molecule has 1 N–H and O–H groups in total. The predicted octanol–water partition coefficient (Wildman–Crippen LogP) is 2.41. The summed E-state index contributed by atoms with van der Waals surface area (Å²) in [6.45, 7) is 2.98. The highest BCUT2D eigenvalue weighted by atomic mass is 32.1. The molecule has 1 aromatic heterocycles. The molecule has 0 aliphatic carbocycles. The molecule has 0 atom stereocenters. The minimum absolute atomic E-state index is 0.241. The van der Waals surface area contributed by atoms with Gasteiger partial charge in [-0.15, -0.1) is 11.3 Å². The Morgan fingerprint density at radius 2 is 1.90 bits per heavy atom. The first-order valence-corrected chi connectivity index (χ1v) is 7.59. The predicted molar refractivity (Wildman–Crippen MR) is 76.7 cm³/mol.